The molecule has 0 aromatic carbocycles. The summed E-state index contributed by atoms with van der Waals surface area (Å²) in [4.78, 5) is 2.17. The van der Waals surface area contributed by atoms with Crippen LogP contribution in [0.5, 0.6) is 0 Å². The van der Waals surface area contributed by atoms with Crippen LogP contribution in [0.4, 0.5) is 0 Å². The van der Waals surface area contributed by atoms with Crippen LogP contribution in [-0.4, -0.2) is 44.7 Å². The summed E-state index contributed by atoms with van der Waals surface area (Å²) in [5, 5.41) is 16.7. The quantitative estimate of drug-likeness (QED) is 0.700. The van der Waals surface area contributed by atoms with E-state index in [1.165, 1.54) is 0 Å². The van der Waals surface area contributed by atoms with Crippen molar-refractivity contribution in [1.82, 2.24) is 19.9 Å². The molecule has 0 unspecified atom stereocenters. The Morgan fingerprint density at radius 2 is 2.29 bits per heavy atom. The van der Waals surface area contributed by atoms with Crippen molar-refractivity contribution in [3.8, 4) is 0 Å². The molecule has 1 heterocycles. The maximum absolute atomic E-state index is 8.86. The number of aliphatic hydroxyl groups is 1. The molecule has 1 N–H and O–H groups in total. The van der Waals surface area contributed by atoms with Gasteiger partial charge in [-0.1, -0.05) is 12.1 Å². The van der Waals surface area contributed by atoms with Gasteiger partial charge < -0.3 is 5.11 Å². The fraction of sp³-hybridized carbons (Fsp3) is 0.778. The van der Waals surface area contributed by atoms with E-state index in [1.54, 1.807) is 4.68 Å². The van der Waals surface area contributed by atoms with Crippen LogP contribution in [0.3, 0.4) is 0 Å². The minimum absolute atomic E-state index is 0.195. The maximum atomic E-state index is 8.86. The summed E-state index contributed by atoms with van der Waals surface area (Å²) in [6.45, 7) is 4.77. The van der Waals surface area contributed by atoms with Crippen LogP contribution >= 0.6 is 0 Å². The third-order valence-corrected chi connectivity index (χ3v) is 1.99. The Morgan fingerprint density at radius 3 is 2.79 bits per heavy atom. The maximum Gasteiger partial charge on any atom is 0.0967 e. The zero-order valence-electron chi connectivity index (χ0n) is 8.85. The summed E-state index contributed by atoms with van der Waals surface area (Å²) < 4.78 is 1.69. The highest BCUT2D eigenvalue weighted by Crippen LogP contribution is 2.00. The molecule has 0 aliphatic rings. The summed E-state index contributed by atoms with van der Waals surface area (Å²) in [6, 6.07) is 0. The van der Waals surface area contributed by atoms with Gasteiger partial charge in [-0.3, -0.25) is 9.58 Å². The Kier molecular flexibility index (Phi) is 4.55. The van der Waals surface area contributed by atoms with Gasteiger partial charge in [0.1, 0.15) is 0 Å². The summed E-state index contributed by atoms with van der Waals surface area (Å²) >= 11 is 0. The van der Waals surface area contributed by atoms with Gasteiger partial charge >= 0.3 is 0 Å². The highest BCUT2D eigenvalue weighted by atomic mass is 16.3. The van der Waals surface area contributed by atoms with Crippen molar-refractivity contribution in [3.05, 3.63) is 11.9 Å². The molecule has 0 saturated heterocycles. The average molecular weight is 198 g/mol. The molecule has 1 aromatic heterocycles. The second-order valence-electron chi connectivity index (χ2n) is 3.38. The number of aromatic nitrogens is 3. The topological polar surface area (TPSA) is 54.2 Å². The zero-order valence-corrected chi connectivity index (χ0v) is 8.85. The molecular weight excluding hydrogens is 180 g/mol. The lowest BCUT2D eigenvalue weighted by atomic mass is 10.3. The first-order chi connectivity index (χ1) is 6.76. The Balaban J connectivity index is 2.46. The van der Waals surface area contributed by atoms with Crippen molar-refractivity contribution in [2.75, 3.05) is 19.7 Å². The first kappa shape index (κ1) is 11.1. The van der Waals surface area contributed by atoms with E-state index in [2.05, 4.69) is 22.1 Å². The summed E-state index contributed by atoms with van der Waals surface area (Å²) in [5.41, 5.74) is 0.953. The fourth-order valence-electron chi connectivity index (χ4n) is 1.42. The first-order valence-electron chi connectivity index (χ1n) is 4.94. The van der Waals surface area contributed by atoms with Gasteiger partial charge in [-0.25, -0.2) is 0 Å². The van der Waals surface area contributed by atoms with Crippen molar-refractivity contribution in [3.63, 3.8) is 0 Å². The molecule has 0 atom stereocenters. The molecule has 0 spiro atoms. The third kappa shape index (κ3) is 3.43. The Bertz CT molecular complexity index is 255. The van der Waals surface area contributed by atoms with Gasteiger partial charge in [0, 0.05) is 26.3 Å². The minimum Gasteiger partial charge on any atom is -0.395 e. The van der Waals surface area contributed by atoms with E-state index in [9.17, 15) is 0 Å². The number of aryl methyl sites for hydroxylation is 1. The Labute approximate surface area is 84.3 Å². The normalized spacial score (nSPS) is 11.1. The first-order valence-corrected chi connectivity index (χ1v) is 4.94. The van der Waals surface area contributed by atoms with Gasteiger partial charge in [-0.2, -0.15) is 0 Å². The number of aliphatic hydroxyl groups excluding tert-OH is 1. The van der Waals surface area contributed by atoms with E-state index >= 15 is 0 Å². The smallest absolute Gasteiger partial charge is 0.0967 e. The number of hydrogen-bond acceptors (Lipinski definition) is 4. The molecule has 1 rings (SSSR count). The van der Waals surface area contributed by atoms with Crippen molar-refractivity contribution < 1.29 is 5.11 Å². The molecule has 80 valence electrons. The van der Waals surface area contributed by atoms with Gasteiger partial charge in [0.05, 0.1) is 12.3 Å². The minimum atomic E-state index is 0.195. The van der Waals surface area contributed by atoms with Crippen molar-refractivity contribution in [2.24, 2.45) is 7.05 Å². The van der Waals surface area contributed by atoms with Crippen LogP contribution in [0, 0.1) is 0 Å². The SMILES string of the molecule is CCCN(CCO)Cc1cn(C)nn1. The van der Waals surface area contributed by atoms with Crippen molar-refractivity contribution in [2.45, 2.75) is 19.9 Å². The zero-order chi connectivity index (χ0) is 10.4. The number of nitrogens with zero attached hydrogens (tertiary/aromatic N) is 4. The van der Waals surface area contributed by atoms with Gasteiger partial charge in [0.15, 0.2) is 0 Å². The molecule has 5 heteroatoms. The van der Waals surface area contributed by atoms with Crippen molar-refractivity contribution in [1.29, 1.82) is 0 Å². The van der Waals surface area contributed by atoms with Gasteiger partial charge in [0.25, 0.3) is 0 Å². The van der Waals surface area contributed by atoms with E-state index in [1.807, 2.05) is 13.2 Å². The van der Waals surface area contributed by atoms with Crippen LogP contribution in [-0.2, 0) is 13.6 Å². The molecule has 0 radical (unpaired) electrons. The molecule has 5 nitrogen and oxygen atoms in total. The molecule has 0 bridgehead atoms. The molecule has 0 aliphatic heterocycles. The third-order valence-electron chi connectivity index (χ3n) is 1.99. The van der Waals surface area contributed by atoms with Crippen LogP contribution < -0.4 is 0 Å². The van der Waals surface area contributed by atoms with Crippen LogP contribution in [0.25, 0.3) is 0 Å². The molecular formula is C9H18N4O. The van der Waals surface area contributed by atoms with E-state index < -0.39 is 0 Å². The van der Waals surface area contributed by atoms with Crippen molar-refractivity contribution >= 4 is 0 Å². The highest BCUT2D eigenvalue weighted by molar-refractivity contribution is 4.91. The second kappa shape index (κ2) is 5.72. The van der Waals surface area contributed by atoms with E-state index in [0.717, 1.165) is 25.2 Å². The second-order valence-corrected chi connectivity index (χ2v) is 3.38. The van der Waals surface area contributed by atoms with Gasteiger partial charge in [0.2, 0.25) is 0 Å². The molecule has 1 aromatic rings. The van der Waals surface area contributed by atoms with Crippen LogP contribution in [0.2, 0.25) is 0 Å². The summed E-state index contributed by atoms with van der Waals surface area (Å²) in [6.07, 6.45) is 2.99. The Morgan fingerprint density at radius 1 is 1.50 bits per heavy atom. The molecule has 0 amide bonds. The van der Waals surface area contributed by atoms with Gasteiger partial charge in [-0.05, 0) is 13.0 Å². The van der Waals surface area contributed by atoms with Crippen LogP contribution in [0.15, 0.2) is 6.20 Å². The van der Waals surface area contributed by atoms with E-state index in [0.29, 0.717) is 6.54 Å². The summed E-state index contributed by atoms with van der Waals surface area (Å²) in [5.74, 6) is 0. The van der Waals surface area contributed by atoms with Gasteiger partial charge in [-0.15, -0.1) is 5.10 Å². The lowest BCUT2D eigenvalue weighted by Gasteiger charge is -2.18. The van der Waals surface area contributed by atoms with Crippen LogP contribution in [0.1, 0.15) is 19.0 Å². The fourth-order valence-corrected chi connectivity index (χ4v) is 1.42. The number of hydrogen-bond donors (Lipinski definition) is 1. The predicted molar refractivity (Wildman–Crippen MR) is 53.7 cm³/mol. The standard InChI is InChI=1S/C9H18N4O/c1-3-4-13(5-6-14)8-9-7-12(2)11-10-9/h7,14H,3-6,8H2,1-2H3. The predicted octanol–water partition coefficient (Wildman–Crippen LogP) is 0.0194. The molecule has 0 aliphatic carbocycles. The monoisotopic (exact) mass is 198 g/mol. The largest absolute Gasteiger partial charge is 0.395 e. The Hall–Kier alpha value is -0.940. The number of rotatable bonds is 6. The average Bonchev–Trinajstić information content (AvgIpc) is 2.52. The van der Waals surface area contributed by atoms with E-state index in [-0.39, 0.29) is 6.61 Å². The lowest BCUT2D eigenvalue weighted by molar-refractivity contribution is 0.189. The van der Waals surface area contributed by atoms with E-state index in [4.69, 9.17) is 5.11 Å². The molecule has 0 saturated carbocycles. The molecule has 0 fully saturated rings. The molecule has 14 heavy (non-hydrogen) atoms. The lowest BCUT2D eigenvalue weighted by Crippen LogP contribution is -2.27. The summed E-state index contributed by atoms with van der Waals surface area (Å²) in [7, 11) is 1.85. The highest BCUT2D eigenvalue weighted by Gasteiger charge is 2.06.